The molecule has 1 aromatic rings. The lowest BCUT2D eigenvalue weighted by Crippen LogP contribution is -2.34. The van der Waals surface area contributed by atoms with Crippen LogP contribution in [0.3, 0.4) is 0 Å². The monoisotopic (exact) mass is 291 g/mol. The van der Waals surface area contributed by atoms with Crippen LogP contribution in [0.2, 0.25) is 0 Å². The van der Waals surface area contributed by atoms with Gasteiger partial charge in [0.1, 0.15) is 12.4 Å². The molecule has 0 unspecified atom stereocenters. The number of aromatic hydroxyl groups is 1. The normalized spacial score (nSPS) is 9.81. The number of phenols is 1. The van der Waals surface area contributed by atoms with Gasteiger partial charge in [-0.2, -0.15) is 0 Å². The summed E-state index contributed by atoms with van der Waals surface area (Å²) in [7, 11) is 0. The average molecular weight is 291 g/mol. The first-order valence-electron chi connectivity index (χ1n) is 6.28. The molecule has 0 aliphatic rings. The molecule has 0 aliphatic heterocycles. The van der Waals surface area contributed by atoms with E-state index in [1.165, 1.54) is 13.0 Å². The van der Waals surface area contributed by atoms with Gasteiger partial charge in [-0.05, 0) is 25.5 Å². The van der Waals surface area contributed by atoms with Crippen LogP contribution in [-0.2, 0) is 14.3 Å². The van der Waals surface area contributed by atoms with E-state index >= 15 is 0 Å². The van der Waals surface area contributed by atoms with E-state index in [0.717, 1.165) is 0 Å². The lowest BCUT2D eigenvalue weighted by molar-refractivity contribution is -0.139. The molecule has 1 amide bonds. The van der Waals surface area contributed by atoms with Crippen molar-refractivity contribution in [3.63, 3.8) is 0 Å². The van der Waals surface area contributed by atoms with Crippen LogP contribution in [0.4, 0.5) is 0 Å². The Balaban J connectivity index is 2.52. The van der Waals surface area contributed by atoms with Crippen molar-refractivity contribution in [3.05, 3.63) is 41.5 Å². The molecule has 0 saturated carbocycles. The highest BCUT2D eigenvalue weighted by Gasteiger charge is 2.20. The van der Waals surface area contributed by atoms with Gasteiger partial charge < -0.3 is 15.2 Å². The van der Waals surface area contributed by atoms with Crippen molar-refractivity contribution < 1.29 is 24.2 Å². The lowest BCUT2D eigenvalue weighted by Gasteiger charge is -2.08. The van der Waals surface area contributed by atoms with E-state index < -0.39 is 17.7 Å². The van der Waals surface area contributed by atoms with Crippen molar-refractivity contribution >= 4 is 17.7 Å². The maximum atomic E-state index is 11.9. The van der Waals surface area contributed by atoms with Gasteiger partial charge in [0.15, 0.2) is 0 Å². The van der Waals surface area contributed by atoms with E-state index in [1.807, 2.05) is 0 Å². The summed E-state index contributed by atoms with van der Waals surface area (Å²) in [5.74, 6) is -2.50. The number of para-hydroxylation sites is 1. The highest BCUT2D eigenvalue weighted by Crippen LogP contribution is 2.21. The minimum Gasteiger partial charge on any atom is -0.507 e. The molecule has 0 radical (unpaired) electrons. The number of amides is 1. The number of benzene rings is 1. The summed E-state index contributed by atoms with van der Waals surface area (Å²) in [6.07, 6.45) is 0. The summed E-state index contributed by atoms with van der Waals surface area (Å²) in [5.41, 5.74) is 0.692. The molecule has 1 rings (SSSR count). The number of ketones is 1. The molecular formula is C15H17NO5. The second kappa shape index (κ2) is 7.23. The number of hydrogen-bond acceptors (Lipinski definition) is 5. The highest BCUT2D eigenvalue weighted by molar-refractivity contribution is 6.43. The molecule has 21 heavy (non-hydrogen) atoms. The Morgan fingerprint density at radius 3 is 2.62 bits per heavy atom. The van der Waals surface area contributed by atoms with Crippen molar-refractivity contribution in [3.8, 4) is 5.75 Å². The first kappa shape index (κ1) is 16.4. The molecule has 0 atom stereocenters. The average Bonchev–Trinajstić information content (AvgIpc) is 2.45. The van der Waals surface area contributed by atoms with E-state index in [-0.39, 0.29) is 30.0 Å². The van der Waals surface area contributed by atoms with Crippen molar-refractivity contribution in [2.75, 3.05) is 13.2 Å². The second-order valence-corrected chi connectivity index (χ2v) is 4.47. The van der Waals surface area contributed by atoms with Crippen molar-refractivity contribution in [2.24, 2.45) is 0 Å². The maximum absolute atomic E-state index is 11.9. The quantitative estimate of drug-likeness (QED) is 0.269. The third kappa shape index (κ3) is 4.45. The van der Waals surface area contributed by atoms with E-state index in [1.54, 1.807) is 19.1 Å². The fourth-order valence-electron chi connectivity index (χ4n) is 1.48. The van der Waals surface area contributed by atoms with Gasteiger partial charge in [0, 0.05) is 5.57 Å². The molecule has 6 heteroatoms. The molecule has 1 aromatic carbocycles. The number of carbonyl (C=O) groups is 3. The number of phenolic OH excluding ortho intramolecular Hbond substituents is 1. The van der Waals surface area contributed by atoms with Crippen molar-refractivity contribution in [1.82, 2.24) is 5.32 Å². The van der Waals surface area contributed by atoms with Gasteiger partial charge in [-0.3, -0.25) is 9.59 Å². The molecule has 0 spiro atoms. The number of ether oxygens (including phenoxy) is 1. The largest absolute Gasteiger partial charge is 0.507 e. The molecule has 6 nitrogen and oxygen atoms in total. The number of Topliss-reactive ketones (excluding diaryl/α,β-unsaturated/α-hetero) is 1. The Hall–Kier alpha value is -2.63. The van der Waals surface area contributed by atoms with Crippen LogP contribution in [0.1, 0.15) is 22.8 Å². The third-order valence-corrected chi connectivity index (χ3v) is 2.66. The van der Waals surface area contributed by atoms with Gasteiger partial charge in [-0.15, -0.1) is 0 Å². The van der Waals surface area contributed by atoms with Gasteiger partial charge in [-0.1, -0.05) is 18.7 Å². The Labute approximate surface area is 122 Å². The van der Waals surface area contributed by atoms with Crippen molar-refractivity contribution in [2.45, 2.75) is 13.8 Å². The number of esters is 1. The molecule has 0 aromatic heterocycles. The number of hydrogen-bond donors (Lipinski definition) is 2. The summed E-state index contributed by atoms with van der Waals surface area (Å²) in [4.78, 5) is 34.6. The summed E-state index contributed by atoms with van der Waals surface area (Å²) >= 11 is 0. The molecule has 112 valence electrons. The number of carbonyl (C=O) groups excluding carboxylic acids is 3. The Bertz CT molecular complexity index is 592. The van der Waals surface area contributed by atoms with Gasteiger partial charge in [-0.25, -0.2) is 4.79 Å². The van der Waals surface area contributed by atoms with E-state index in [2.05, 4.69) is 11.9 Å². The molecule has 2 N–H and O–H groups in total. The zero-order valence-corrected chi connectivity index (χ0v) is 11.9. The Morgan fingerprint density at radius 2 is 2.00 bits per heavy atom. The fraction of sp³-hybridized carbons (Fsp3) is 0.267. The van der Waals surface area contributed by atoms with E-state index in [4.69, 9.17) is 4.74 Å². The smallest absolute Gasteiger partial charge is 0.333 e. The molecule has 0 aliphatic carbocycles. The molecule has 0 fully saturated rings. The molecule has 0 heterocycles. The van der Waals surface area contributed by atoms with Crippen LogP contribution in [0.5, 0.6) is 5.75 Å². The predicted molar refractivity (Wildman–Crippen MR) is 76.0 cm³/mol. The zero-order chi connectivity index (χ0) is 16.0. The van der Waals surface area contributed by atoms with Crippen molar-refractivity contribution in [1.29, 1.82) is 0 Å². The number of aryl methyl sites for hydroxylation is 1. The van der Waals surface area contributed by atoms with E-state index in [0.29, 0.717) is 5.56 Å². The van der Waals surface area contributed by atoms with Crippen LogP contribution >= 0.6 is 0 Å². The zero-order valence-electron chi connectivity index (χ0n) is 11.9. The van der Waals surface area contributed by atoms with Crippen LogP contribution in [0.15, 0.2) is 30.4 Å². The Kier molecular flexibility index (Phi) is 5.66. The fourth-order valence-corrected chi connectivity index (χ4v) is 1.48. The van der Waals surface area contributed by atoms with Gasteiger partial charge in [0.2, 0.25) is 0 Å². The van der Waals surface area contributed by atoms with E-state index in [9.17, 15) is 19.5 Å². The summed E-state index contributed by atoms with van der Waals surface area (Å²) in [6.45, 7) is 6.47. The predicted octanol–water partition coefficient (Wildman–Crippen LogP) is 1.12. The van der Waals surface area contributed by atoms with Gasteiger partial charge in [0.25, 0.3) is 11.7 Å². The van der Waals surface area contributed by atoms with Crippen LogP contribution < -0.4 is 5.32 Å². The number of nitrogens with one attached hydrogen (secondary N) is 1. The standard InChI is InChI=1S/C15H17NO5/c1-9(2)15(20)21-8-7-16-14(19)13(18)11-6-4-5-10(3)12(11)17/h4-6,17H,1,7-8H2,2-3H3,(H,16,19). The summed E-state index contributed by atoms with van der Waals surface area (Å²) < 4.78 is 4.77. The second-order valence-electron chi connectivity index (χ2n) is 4.47. The van der Waals surface area contributed by atoms with Gasteiger partial charge in [0.05, 0.1) is 12.1 Å². The highest BCUT2D eigenvalue weighted by atomic mass is 16.5. The Morgan fingerprint density at radius 1 is 1.33 bits per heavy atom. The van der Waals surface area contributed by atoms with Crippen LogP contribution in [0.25, 0.3) is 0 Å². The summed E-state index contributed by atoms with van der Waals surface area (Å²) in [6, 6.07) is 4.57. The number of rotatable bonds is 6. The SMILES string of the molecule is C=C(C)C(=O)OCCNC(=O)C(=O)c1cccc(C)c1O. The lowest BCUT2D eigenvalue weighted by atomic mass is 10.1. The van der Waals surface area contributed by atoms with Gasteiger partial charge >= 0.3 is 5.97 Å². The third-order valence-electron chi connectivity index (χ3n) is 2.66. The molecule has 0 saturated heterocycles. The maximum Gasteiger partial charge on any atom is 0.333 e. The summed E-state index contributed by atoms with van der Waals surface area (Å²) in [5, 5.41) is 12.1. The first-order chi connectivity index (χ1) is 9.84. The topological polar surface area (TPSA) is 92.7 Å². The first-order valence-corrected chi connectivity index (χ1v) is 6.28. The minimum absolute atomic E-state index is 0.00380. The van der Waals surface area contributed by atoms with Crippen LogP contribution in [-0.4, -0.2) is 35.9 Å². The molecule has 0 bridgehead atoms. The minimum atomic E-state index is -0.873. The van der Waals surface area contributed by atoms with Crippen LogP contribution in [0, 0.1) is 6.92 Å². The molecular weight excluding hydrogens is 274 g/mol.